The summed E-state index contributed by atoms with van der Waals surface area (Å²) in [7, 11) is 0. The van der Waals surface area contributed by atoms with Gasteiger partial charge in [0.15, 0.2) is 5.69 Å². The number of rotatable bonds is 1. The number of nitrogens with zero attached hydrogens (tertiary/aromatic N) is 2. The fraction of sp³-hybridized carbons (Fsp3) is 0.750. The van der Waals surface area contributed by atoms with Crippen LogP contribution in [-0.2, 0) is 15.9 Å². The van der Waals surface area contributed by atoms with Crippen LogP contribution in [0.4, 0.5) is 0 Å². The minimum Gasteiger partial charge on any atom is -0.379 e. The first-order chi connectivity index (χ1) is 10.6. The monoisotopic (exact) mass is 305 g/mol. The van der Waals surface area contributed by atoms with Crippen LogP contribution in [0.2, 0.25) is 0 Å². The molecule has 3 heterocycles. The fourth-order valence-corrected chi connectivity index (χ4v) is 3.65. The Kier molecular flexibility index (Phi) is 3.27. The molecule has 0 bridgehead atoms. The highest BCUT2D eigenvalue weighted by Crippen LogP contribution is 2.47. The van der Waals surface area contributed by atoms with E-state index in [2.05, 4.69) is 10.2 Å². The zero-order valence-corrected chi connectivity index (χ0v) is 13.2. The summed E-state index contributed by atoms with van der Waals surface area (Å²) >= 11 is 0. The van der Waals surface area contributed by atoms with Gasteiger partial charge in [-0.15, -0.1) is 0 Å². The van der Waals surface area contributed by atoms with Crippen molar-refractivity contribution in [1.29, 1.82) is 0 Å². The molecule has 1 amide bonds. The largest absolute Gasteiger partial charge is 0.379 e. The Balaban J connectivity index is 1.60. The third-order valence-electron chi connectivity index (χ3n) is 5.12. The lowest BCUT2D eigenvalue weighted by molar-refractivity contribution is -0.00702. The normalized spacial score (nSPS) is 30.0. The number of carbonyl (C=O) groups excluding carboxylic acids is 1. The highest BCUT2D eigenvalue weighted by atomic mass is 16.5. The van der Waals surface area contributed by atoms with Gasteiger partial charge < -0.3 is 14.4 Å². The van der Waals surface area contributed by atoms with Crippen molar-refractivity contribution in [2.75, 3.05) is 26.3 Å². The number of fused-ring (bicyclic) bond motifs is 1. The first kappa shape index (κ1) is 14.2. The molecule has 120 valence electrons. The molecule has 0 aromatic carbocycles. The summed E-state index contributed by atoms with van der Waals surface area (Å²) in [5.41, 5.74) is 2.78. The topological polar surface area (TPSA) is 67.5 Å². The van der Waals surface area contributed by atoms with E-state index in [4.69, 9.17) is 9.47 Å². The fourth-order valence-electron chi connectivity index (χ4n) is 3.65. The molecular formula is C16H23N3O3. The number of aromatic nitrogens is 2. The van der Waals surface area contributed by atoms with Gasteiger partial charge in [-0.25, -0.2) is 0 Å². The summed E-state index contributed by atoms with van der Waals surface area (Å²) in [5.74, 6) is 0.0376. The van der Waals surface area contributed by atoms with Crippen molar-refractivity contribution in [2.24, 2.45) is 5.41 Å². The quantitative estimate of drug-likeness (QED) is 0.857. The van der Waals surface area contributed by atoms with Crippen molar-refractivity contribution in [3.63, 3.8) is 0 Å². The van der Waals surface area contributed by atoms with Gasteiger partial charge in [-0.05, 0) is 26.7 Å². The number of aromatic amines is 1. The van der Waals surface area contributed by atoms with E-state index in [0.717, 1.165) is 43.7 Å². The molecule has 6 heteroatoms. The van der Waals surface area contributed by atoms with Gasteiger partial charge in [-0.1, -0.05) is 0 Å². The number of hydrogen-bond donors (Lipinski definition) is 1. The molecule has 0 unspecified atom stereocenters. The highest BCUT2D eigenvalue weighted by molar-refractivity contribution is 5.94. The maximum atomic E-state index is 13.0. The van der Waals surface area contributed by atoms with Gasteiger partial charge in [-0.3, -0.25) is 9.89 Å². The van der Waals surface area contributed by atoms with E-state index in [1.807, 2.05) is 18.7 Å². The molecule has 1 aromatic heterocycles. The van der Waals surface area contributed by atoms with Crippen LogP contribution in [0.25, 0.3) is 0 Å². The molecule has 2 atom stereocenters. The highest BCUT2D eigenvalue weighted by Gasteiger charge is 2.46. The standard InChI is InChI=1S/C16H23N3O3/c1-10-7-12-13(11(2)22-10)17-18-14(12)15(20)19-5-6-21-9-16(8-19)3-4-16/h10-11H,3-9H2,1-2H3,(H,17,18)/t10-,11+/m1/s1. The van der Waals surface area contributed by atoms with E-state index in [1.54, 1.807) is 0 Å². The van der Waals surface area contributed by atoms with Crippen molar-refractivity contribution < 1.29 is 14.3 Å². The summed E-state index contributed by atoms with van der Waals surface area (Å²) in [6.07, 6.45) is 3.16. The molecule has 0 radical (unpaired) electrons. The molecule has 2 aliphatic heterocycles. The number of ether oxygens (including phenoxy) is 2. The van der Waals surface area contributed by atoms with Crippen molar-refractivity contribution in [3.8, 4) is 0 Å². The summed E-state index contributed by atoms with van der Waals surface area (Å²) < 4.78 is 11.5. The first-order valence-corrected chi connectivity index (χ1v) is 8.18. The Morgan fingerprint density at radius 2 is 2.23 bits per heavy atom. The summed E-state index contributed by atoms with van der Waals surface area (Å²) in [6.45, 7) is 6.91. The summed E-state index contributed by atoms with van der Waals surface area (Å²) in [5, 5.41) is 7.33. The SMILES string of the molecule is C[C@@H]1Cc2c(C(=O)N3CCOCC4(CC4)C3)n[nH]c2[C@H](C)O1. The number of hydrogen-bond acceptors (Lipinski definition) is 4. The van der Waals surface area contributed by atoms with Crippen LogP contribution in [0.3, 0.4) is 0 Å². The maximum Gasteiger partial charge on any atom is 0.274 e. The van der Waals surface area contributed by atoms with Gasteiger partial charge in [0, 0.05) is 30.5 Å². The van der Waals surface area contributed by atoms with E-state index >= 15 is 0 Å². The van der Waals surface area contributed by atoms with Crippen molar-refractivity contribution in [3.05, 3.63) is 17.0 Å². The molecule has 1 saturated heterocycles. The molecule has 2 fully saturated rings. The third-order valence-corrected chi connectivity index (χ3v) is 5.12. The second kappa shape index (κ2) is 5.06. The van der Waals surface area contributed by atoms with Gasteiger partial charge >= 0.3 is 0 Å². The van der Waals surface area contributed by atoms with E-state index < -0.39 is 0 Å². The predicted octanol–water partition coefficient (Wildman–Crippen LogP) is 1.68. The van der Waals surface area contributed by atoms with Gasteiger partial charge in [-0.2, -0.15) is 5.10 Å². The Morgan fingerprint density at radius 3 is 3.00 bits per heavy atom. The second-order valence-electron chi connectivity index (χ2n) is 7.04. The van der Waals surface area contributed by atoms with E-state index in [0.29, 0.717) is 18.8 Å². The van der Waals surface area contributed by atoms with Crippen molar-refractivity contribution in [1.82, 2.24) is 15.1 Å². The van der Waals surface area contributed by atoms with Crippen LogP contribution in [-0.4, -0.2) is 53.4 Å². The number of nitrogens with one attached hydrogen (secondary N) is 1. The molecule has 1 saturated carbocycles. The molecule has 1 aromatic rings. The van der Waals surface area contributed by atoms with E-state index in [9.17, 15) is 4.79 Å². The van der Waals surface area contributed by atoms with E-state index in [1.165, 1.54) is 0 Å². The van der Waals surface area contributed by atoms with E-state index in [-0.39, 0.29) is 23.5 Å². The molecule has 3 aliphatic rings. The maximum absolute atomic E-state index is 13.0. The minimum absolute atomic E-state index is 0.0324. The van der Waals surface area contributed by atoms with Crippen LogP contribution >= 0.6 is 0 Å². The van der Waals surface area contributed by atoms with Gasteiger partial charge in [0.25, 0.3) is 5.91 Å². The lowest BCUT2D eigenvalue weighted by Crippen LogP contribution is -2.37. The van der Waals surface area contributed by atoms with Gasteiger partial charge in [0.05, 0.1) is 31.1 Å². The number of H-pyrrole nitrogens is 1. The average Bonchev–Trinajstić information content (AvgIpc) is 3.17. The molecule has 1 aliphatic carbocycles. The van der Waals surface area contributed by atoms with Gasteiger partial charge in [0.2, 0.25) is 0 Å². The Morgan fingerprint density at radius 1 is 1.41 bits per heavy atom. The molecule has 1 spiro atoms. The molecular weight excluding hydrogens is 282 g/mol. The van der Waals surface area contributed by atoms with Crippen LogP contribution in [0, 0.1) is 5.41 Å². The smallest absolute Gasteiger partial charge is 0.274 e. The van der Waals surface area contributed by atoms with Crippen LogP contribution < -0.4 is 0 Å². The average molecular weight is 305 g/mol. The van der Waals surface area contributed by atoms with Crippen LogP contribution in [0.15, 0.2) is 0 Å². The Bertz CT molecular complexity index is 593. The first-order valence-electron chi connectivity index (χ1n) is 8.18. The summed E-state index contributed by atoms with van der Waals surface area (Å²) in [6, 6.07) is 0. The van der Waals surface area contributed by atoms with Crippen LogP contribution in [0.1, 0.15) is 54.5 Å². The second-order valence-corrected chi connectivity index (χ2v) is 7.04. The molecule has 1 N–H and O–H groups in total. The Labute approximate surface area is 130 Å². The third kappa shape index (κ3) is 2.34. The number of amides is 1. The molecule has 6 nitrogen and oxygen atoms in total. The number of carbonyl (C=O) groups is 1. The Hall–Kier alpha value is -1.40. The zero-order valence-electron chi connectivity index (χ0n) is 13.2. The molecule has 4 rings (SSSR count). The molecule has 22 heavy (non-hydrogen) atoms. The van der Waals surface area contributed by atoms with Gasteiger partial charge in [0.1, 0.15) is 0 Å². The van der Waals surface area contributed by atoms with Crippen molar-refractivity contribution in [2.45, 2.75) is 45.3 Å². The zero-order chi connectivity index (χ0) is 15.3. The minimum atomic E-state index is -0.0324. The predicted molar refractivity (Wildman–Crippen MR) is 79.6 cm³/mol. The summed E-state index contributed by atoms with van der Waals surface area (Å²) in [4.78, 5) is 14.9. The van der Waals surface area contributed by atoms with Crippen LogP contribution in [0.5, 0.6) is 0 Å². The lowest BCUT2D eigenvalue weighted by Gasteiger charge is -2.26. The van der Waals surface area contributed by atoms with Crippen molar-refractivity contribution >= 4 is 5.91 Å². The lowest BCUT2D eigenvalue weighted by atomic mass is 9.99.